The van der Waals surface area contributed by atoms with Crippen LogP contribution >= 0.6 is 0 Å². The van der Waals surface area contributed by atoms with Crippen LogP contribution < -0.4 is 0 Å². The maximum Gasteiger partial charge on any atom is 0.146 e. The van der Waals surface area contributed by atoms with E-state index in [2.05, 4.69) is 20.8 Å². The number of rotatable bonds is 0. The van der Waals surface area contributed by atoms with Gasteiger partial charge in [0.1, 0.15) is 5.78 Å². The topological polar surface area (TPSA) is 37.3 Å². The van der Waals surface area contributed by atoms with Gasteiger partial charge in [-0.25, -0.2) is 0 Å². The molecule has 2 fully saturated rings. The van der Waals surface area contributed by atoms with Crippen LogP contribution in [0.5, 0.6) is 0 Å². The van der Waals surface area contributed by atoms with E-state index >= 15 is 0 Å². The number of ketones is 1. The van der Waals surface area contributed by atoms with E-state index in [0.717, 1.165) is 18.4 Å². The molecule has 2 heteroatoms. The van der Waals surface area contributed by atoms with E-state index < -0.39 is 0 Å². The minimum atomic E-state index is -0.386. The third-order valence-corrected chi connectivity index (χ3v) is 5.40. The first-order valence-corrected chi connectivity index (χ1v) is 6.70. The smallest absolute Gasteiger partial charge is 0.146 e. The minimum absolute atomic E-state index is 0.229. The van der Waals surface area contributed by atoms with E-state index in [1.165, 1.54) is 5.57 Å². The van der Waals surface area contributed by atoms with Gasteiger partial charge in [0, 0.05) is 5.92 Å². The predicted octanol–water partition coefficient (Wildman–Crippen LogP) is 2.71. The van der Waals surface area contributed by atoms with Crippen LogP contribution in [0.2, 0.25) is 0 Å². The Morgan fingerprint density at radius 3 is 2.35 bits per heavy atom. The Labute approximate surface area is 103 Å². The van der Waals surface area contributed by atoms with E-state index in [0.29, 0.717) is 18.1 Å². The number of carbonyl (C=O) groups is 1. The van der Waals surface area contributed by atoms with Gasteiger partial charge in [-0.3, -0.25) is 4.79 Å². The zero-order chi connectivity index (χ0) is 12.6. The molecule has 3 rings (SSSR count). The average Bonchev–Trinajstić information content (AvgIpc) is 2.68. The molecule has 0 radical (unpaired) electrons. The monoisotopic (exact) mass is 234 g/mol. The fourth-order valence-electron chi connectivity index (χ4n) is 4.75. The molecule has 0 spiro atoms. The van der Waals surface area contributed by atoms with Crippen molar-refractivity contribution in [3.63, 3.8) is 0 Å². The van der Waals surface area contributed by atoms with Gasteiger partial charge in [0.15, 0.2) is 0 Å². The number of aliphatic hydroxyl groups excluding tert-OH is 1. The fraction of sp³-hybridized carbons (Fsp3) is 0.800. The van der Waals surface area contributed by atoms with Crippen molar-refractivity contribution in [2.24, 2.45) is 22.7 Å². The maximum atomic E-state index is 12.6. The van der Waals surface area contributed by atoms with Crippen LogP contribution in [0.15, 0.2) is 11.1 Å². The van der Waals surface area contributed by atoms with Crippen LogP contribution in [0.1, 0.15) is 47.0 Å². The molecule has 17 heavy (non-hydrogen) atoms. The second kappa shape index (κ2) is 3.03. The van der Waals surface area contributed by atoms with Crippen molar-refractivity contribution in [2.45, 2.75) is 53.1 Å². The van der Waals surface area contributed by atoms with Crippen molar-refractivity contribution >= 4 is 5.78 Å². The van der Waals surface area contributed by atoms with Gasteiger partial charge in [-0.15, -0.1) is 0 Å². The van der Waals surface area contributed by atoms with Gasteiger partial charge >= 0.3 is 0 Å². The molecular formula is C15H22O2. The molecule has 94 valence electrons. The average molecular weight is 234 g/mol. The van der Waals surface area contributed by atoms with Crippen LogP contribution in [-0.4, -0.2) is 17.0 Å². The van der Waals surface area contributed by atoms with Crippen LogP contribution in [0.4, 0.5) is 0 Å². The lowest BCUT2D eigenvalue weighted by atomic mass is 9.78. The lowest BCUT2D eigenvalue weighted by molar-refractivity contribution is -0.128. The van der Waals surface area contributed by atoms with Crippen molar-refractivity contribution in [2.75, 3.05) is 0 Å². The summed E-state index contributed by atoms with van der Waals surface area (Å²) in [7, 11) is 0. The van der Waals surface area contributed by atoms with Crippen LogP contribution in [-0.2, 0) is 4.79 Å². The Hall–Kier alpha value is -0.630. The van der Waals surface area contributed by atoms with E-state index in [4.69, 9.17) is 0 Å². The summed E-state index contributed by atoms with van der Waals surface area (Å²) in [5.41, 5.74) is 2.33. The molecule has 0 heterocycles. The Bertz CT molecular complexity index is 432. The first kappa shape index (κ1) is 11.5. The number of fused-ring (bicyclic) bond motifs is 3. The number of hydrogen-bond donors (Lipinski definition) is 1. The van der Waals surface area contributed by atoms with Crippen molar-refractivity contribution < 1.29 is 9.90 Å². The second-order valence-corrected chi connectivity index (χ2v) is 7.30. The molecule has 0 bridgehead atoms. The molecule has 2 unspecified atom stereocenters. The summed E-state index contributed by atoms with van der Waals surface area (Å²) in [5, 5.41) is 10.0. The summed E-state index contributed by atoms with van der Waals surface area (Å²) < 4.78 is 0. The lowest BCUT2D eigenvalue weighted by Crippen LogP contribution is -2.27. The zero-order valence-corrected chi connectivity index (χ0v) is 11.2. The van der Waals surface area contributed by atoms with Gasteiger partial charge in [0.05, 0.1) is 11.5 Å². The Kier molecular flexibility index (Phi) is 2.04. The van der Waals surface area contributed by atoms with Gasteiger partial charge in [0.2, 0.25) is 0 Å². The predicted molar refractivity (Wildman–Crippen MR) is 66.4 cm³/mol. The van der Waals surface area contributed by atoms with E-state index in [9.17, 15) is 9.90 Å². The van der Waals surface area contributed by atoms with Gasteiger partial charge in [-0.1, -0.05) is 19.4 Å². The molecule has 0 aromatic heterocycles. The van der Waals surface area contributed by atoms with Crippen molar-refractivity contribution in [3.05, 3.63) is 11.1 Å². The normalized spacial score (nSPS) is 47.6. The first-order chi connectivity index (χ1) is 7.76. The molecule has 0 aromatic rings. The summed E-state index contributed by atoms with van der Waals surface area (Å²) in [4.78, 5) is 12.6. The van der Waals surface area contributed by atoms with Gasteiger partial charge < -0.3 is 5.11 Å². The summed E-state index contributed by atoms with van der Waals surface area (Å²) in [6.07, 6.45) is 2.38. The molecular weight excluding hydrogens is 212 g/mol. The highest BCUT2D eigenvalue weighted by Crippen LogP contribution is 2.63. The second-order valence-electron chi connectivity index (χ2n) is 7.30. The molecule has 0 saturated heterocycles. The van der Waals surface area contributed by atoms with Gasteiger partial charge in [0.25, 0.3) is 0 Å². The Morgan fingerprint density at radius 1 is 1.12 bits per heavy atom. The number of carbonyl (C=O) groups excluding carboxylic acids is 1. The fourth-order valence-corrected chi connectivity index (χ4v) is 4.75. The Morgan fingerprint density at radius 2 is 1.71 bits per heavy atom. The van der Waals surface area contributed by atoms with Gasteiger partial charge in [-0.2, -0.15) is 0 Å². The number of Topliss-reactive ketones (excluding diaryl/α,β-unsaturated/α-hetero) is 1. The largest absolute Gasteiger partial charge is 0.389 e. The molecule has 4 atom stereocenters. The lowest BCUT2D eigenvalue weighted by Gasteiger charge is -2.25. The molecule has 0 amide bonds. The highest BCUT2D eigenvalue weighted by Gasteiger charge is 2.61. The van der Waals surface area contributed by atoms with Crippen LogP contribution in [0.3, 0.4) is 0 Å². The highest BCUT2D eigenvalue weighted by atomic mass is 16.3. The number of allylic oxidation sites excluding steroid dienone is 1. The summed E-state index contributed by atoms with van der Waals surface area (Å²) in [6.45, 7) is 8.59. The number of aliphatic hydroxyl groups is 1. The van der Waals surface area contributed by atoms with E-state index in [-0.39, 0.29) is 22.9 Å². The molecule has 0 aromatic carbocycles. The maximum absolute atomic E-state index is 12.6. The molecule has 0 aliphatic heterocycles. The highest BCUT2D eigenvalue weighted by molar-refractivity contribution is 5.95. The first-order valence-electron chi connectivity index (χ1n) is 6.70. The molecule has 2 nitrogen and oxygen atoms in total. The van der Waals surface area contributed by atoms with Crippen LogP contribution in [0.25, 0.3) is 0 Å². The molecule has 3 aliphatic rings. The van der Waals surface area contributed by atoms with E-state index in [1.54, 1.807) is 0 Å². The molecule has 1 N–H and O–H groups in total. The van der Waals surface area contributed by atoms with Gasteiger partial charge in [-0.05, 0) is 50.0 Å². The third kappa shape index (κ3) is 1.28. The SMILES string of the molecule is CC1=C2C3CC(C)(C)CC3C(=O)[C@@]2(C)C[C@H]1O. The quantitative estimate of drug-likeness (QED) is 0.654. The summed E-state index contributed by atoms with van der Waals surface area (Å²) >= 11 is 0. The Balaban J connectivity index is 2.10. The molecule has 3 aliphatic carbocycles. The van der Waals surface area contributed by atoms with Crippen molar-refractivity contribution in [1.82, 2.24) is 0 Å². The number of hydrogen-bond acceptors (Lipinski definition) is 2. The standard InChI is InChI=1S/C15H22O2/c1-8-11(16)7-15(4)12(8)9-5-14(2,3)6-10(9)13(15)17/h9-11,16H,5-7H2,1-4H3/t9?,10?,11-,15+/m1/s1. The van der Waals surface area contributed by atoms with Crippen molar-refractivity contribution in [3.8, 4) is 0 Å². The molecule has 2 saturated carbocycles. The summed E-state index contributed by atoms with van der Waals surface area (Å²) in [5.74, 6) is 1.05. The van der Waals surface area contributed by atoms with Crippen LogP contribution in [0, 0.1) is 22.7 Å². The summed E-state index contributed by atoms with van der Waals surface area (Å²) in [6, 6.07) is 0. The zero-order valence-electron chi connectivity index (χ0n) is 11.2. The van der Waals surface area contributed by atoms with E-state index in [1.807, 2.05) is 6.92 Å². The van der Waals surface area contributed by atoms with Crippen molar-refractivity contribution in [1.29, 1.82) is 0 Å². The third-order valence-electron chi connectivity index (χ3n) is 5.40. The minimum Gasteiger partial charge on any atom is -0.389 e.